The third-order valence-corrected chi connectivity index (χ3v) is 4.58. The van der Waals surface area contributed by atoms with E-state index < -0.39 is 0 Å². The Morgan fingerprint density at radius 1 is 1.25 bits per heavy atom. The molecule has 1 aromatic carbocycles. The Morgan fingerprint density at radius 2 is 2.04 bits per heavy atom. The van der Waals surface area contributed by atoms with Gasteiger partial charge < -0.3 is 24.8 Å². The molecule has 0 aliphatic carbocycles. The van der Waals surface area contributed by atoms with E-state index in [4.69, 9.17) is 9.26 Å². The summed E-state index contributed by atoms with van der Waals surface area (Å²) >= 11 is 0. The summed E-state index contributed by atoms with van der Waals surface area (Å²) < 4.78 is 10.6. The Morgan fingerprint density at radius 3 is 2.64 bits per heavy atom. The molecule has 0 spiro atoms. The van der Waals surface area contributed by atoms with E-state index in [0.29, 0.717) is 30.4 Å². The summed E-state index contributed by atoms with van der Waals surface area (Å²) in [6.45, 7) is 4.74. The van der Waals surface area contributed by atoms with Gasteiger partial charge in [0.1, 0.15) is 12.3 Å². The normalized spacial score (nSPS) is 16.0. The van der Waals surface area contributed by atoms with Gasteiger partial charge in [-0.25, -0.2) is 4.79 Å². The summed E-state index contributed by atoms with van der Waals surface area (Å²) in [5, 5.41) is 9.25. The zero-order valence-electron chi connectivity index (χ0n) is 16.2. The van der Waals surface area contributed by atoms with Gasteiger partial charge in [0, 0.05) is 24.9 Å². The number of urea groups is 1. The standard InChI is InChI=1S/C20H26N4O4/c1-3-15-6-8-16(9-7-15)21-20(26)24(12-17-5-4-10-27-17)13-19(25)22-18-11-14(2)28-23-18/h6-9,11,17H,3-5,10,12-13H2,1-2H3,(H,21,26)(H,22,23,25). The quantitative estimate of drug-likeness (QED) is 0.762. The van der Waals surface area contributed by atoms with E-state index in [1.807, 2.05) is 24.3 Å². The lowest BCUT2D eigenvalue weighted by Gasteiger charge is -2.25. The third-order valence-electron chi connectivity index (χ3n) is 4.58. The molecule has 3 amide bonds. The lowest BCUT2D eigenvalue weighted by molar-refractivity contribution is -0.117. The van der Waals surface area contributed by atoms with Crippen LogP contribution in [0.25, 0.3) is 0 Å². The maximum atomic E-state index is 12.8. The Labute approximate surface area is 164 Å². The minimum Gasteiger partial charge on any atom is -0.376 e. The second-order valence-corrected chi connectivity index (χ2v) is 6.87. The largest absolute Gasteiger partial charge is 0.376 e. The summed E-state index contributed by atoms with van der Waals surface area (Å²) in [5.74, 6) is 0.581. The van der Waals surface area contributed by atoms with Crippen LogP contribution in [-0.4, -0.2) is 47.8 Å². The second-order valence-electron chi connectivity index (χ2n) is 6.87. The van der Waals surface area contributed by atoms with E-state index in [0.717, 1.165) is 19.3 Å². The van der Waals surface area contributed by atoms with E-state index in [-0.39, 0.29) is 24.6 Å². The van der Waals surface area contributed by atoms with Gasteiger partial charge in [-0.1, -0.05) is 24.2 Å². The van der Waals surface area contributed by atoms with Crippen LogP contribution in [-0.2, 0) is 16.0 Å². The van der Waals surface area contributed by atoms with Crippen molar-refractivity contribution in [1.29, 1.82) is 0 Å². The van der Waals surface area contributed by atoms with Crippen molar-refractivity contribution >= 4 is 23.4 Å². The number of amides is 3. The first-order valence-electron chi connectivity index (χ1n) is 9.53. The zero-order valence-corrected chi connectivity index (χ0v) is 16.2. The van der Waals surface area contributed by atoms with Crippen LogP contribution < -0.4 is 10.6 Å². The molecule has 8 nitrogen and oxygen atoms in total. The number of rotatable bonds is 7. The van der Waals surface area contributed by atoms with Gasteiger partial charge in [-0.05, 0) is 43.9 Å². The SMILES string of the molecule is CCc1ccc(NC(=O)N(CC(=O)Nc2cc(C)on2)CC2CCCO2)cc1. The Bertz CT molecular complexity index is 797. The zero-order chi connectivity index (χ0) is 19.9. The summed E-state index contributed by atoms with van der Waals surface area (Å²) in [7, 11) is 0. The third kappa shape index (κ3) is 5.56. The van der Waals surface area contributed by atoms with Crippen molar-refractivity contribution in [2.75, 3.05) is 30.3 Å². The van der Waals surface area contributed by atoms with Crippen molar-refractivity contribution in [3.63, 3.8) is 0 Å². The lowest BCUT2D eigenvalue weighted by atomic mass is 10.1. The minimum atomic E-state index is -0.345. The van der Waals surface area contributed by atoms with Crippen LogP contribution in [0.15, 0.2) is 34.9 Å². The molecule has 28 heavy (non-hydrogen) atoms. The van der Waals surface area contributed by atoms with Crippen molar-refractivity contribution in [3.8, 4) is 0 Å². The fraction of sp³-hybridized carbons (Fsp3) is 0.450. The fourth-order valence-electron chi connectivity index (χ4n) is 3.06. The van der Waals surface area contributed by atoms with Crippen LogP contribution in [0.4, 0.5) is 16.3 Å². The molecule has 1 unspecified atom stereocenters. The number of aryl methyl sites for hydroxylation is 2. The Balaban J connectivity index is 1.64. The van der Waals surface area contributed by atoms with Crippen LogP contribution in [0, 0.1) is 6.92 Å². The van der Waals surface area contributed by atoms with Crippen molar-refractivity contribution in [2.24, 2.45) is 0 Å². The molecule has 1 fully saturated rings. The minimum absolute atomic E-state index is 0.0599. The molecule has 150 valence electrons. The van der Waals surface area contributed by atoms with E-state index in [1.165, 1.54) is 10.5 Å². The van der Waals surface area contributed by atoms with Gasteiger partial charge >= 0.3 is 6.03 Å². The first-order chi connectivity index (χ1) is 13.5. The smallest absolute Gasteiger partial charge is 0.322 e. The van der Waals surface area contributed by atoms with Crippen molar-refractivity contribution in [1.82, 2.24) is 10.1 Å². The van der Waals surface area contributed by atoms with Gasteiger partial charge in [0.15, 0.2) is 5.82 Å². The molecule has 1 aliphatic rings. The number of nitrogens with one attached hydrogen (secondary N) is 2. The summed E-state index contributed by atoms with van der Waals surface area (Å²) in [4.78, 5) is 26.6. The number of aromatic nitrogens is 1. The van der Waals surface area contributed by atoms with Crippen molar-refractivity contribution in [2.45, 2.75) is 39.2 Å². The number of anilines is 2. The molecule has 2 N–H and O–H groups in total. The van der Waals surface area contributed by atoms with E-state index in [1.54, 1.807) is 13.0 Å². The van der Waals surface area contributed by atoms with Crippen LogP contribution in [0.5, 0.6) is 0 Å². The number of hydrogen-bond donors (Lipinski definition) is 2. The molecule has 0 saturated carbocycles. The summed E-state index contributed by atoms with van der Waals surface area (Å²) in [5.41, 5.74) is 1.88. The fourth-order valence-corrected chi connectivity index (χ4v) is 3.06. The molecule has 8 heteroatoms. The van der Waals surface area contributed by atoms with E-state index >= 15 is 0 Å². The summed E-state index contributed by atoms with van der Waals surface area (Å²) in [6.07, 6.45) is 2.71. The van der Waals surface area contributed by atoms with E-state index in [9.17, 15) is 9.59 Å². The maximum absolute atomic E-state index is 12.8. The average molecular weight is 386 g/mol. The lowest BCUT2D eigenvalue weighted by Crippen LogP contribution is -2.44. The van der Waals surface area contributed by atoms with Gasteiger partial charge in [-0.2, -0.15) is 0 Å². The topological polar surface area (TPSA) is 96.7 Å². The van der Waals surface area contributed by atoms with Gasteiger partial charge in [0.2, 0.25) is 5.91 Å². The van der Waals surface area contributed by atoms with Gasteiger partial charge in [0.25, 0.3) is 0 Å². The van der Waals surface area contributed by atoms with Gasteiger partial charge in [-0.15, -0.1) is 0 Å². The van der Waals surface area contributed by atoms with Crippen LogP contribution >= 0.6 is 0 Å². The molecule has 1 saturated heterocycles. The number of ether oxygens (including phenoxy) is 1. The molecule has 0 bridgehead atoms. The number of carbonyl (C=O) groups is 2. The Hall–Kier alpha value is -2.87. The average Bonchev–Trinajstić information content (AvgIpc) is 3.33. The predicted octanol–water partition coefficient (Wildman–Crippen LogP) is 3.20. The molecule has 3 rings (SSSR count). The highest BCUT2D eigenvalue weighted by atomic mass is 16.5. The first kappa shape index (κ1) is 19.9. The number of nitrogens with zero attached hydrogens (tertiary/aromatic N) is 2. The maximum Gasteiger partial charge on any atom is 0.322 e. The second kappa shape index (κ2) is 9.36. The number of carbonyl (C=O) groups excluding carboxylic acids is 2. The molecule has 1 atom stereocenters. The molecular formula is C20H26N4O4. The predicted molar refractivity (Wildman–Crippen MR) is 105 cm³/mol. The molecule has 2 aromatic rings. The van der Waals surface area contributed by atoms with Crippen molar-refractivity contribution < 1.29 is 18.8 Å². The van der Waals surface area contributed by atoms with Gasteiger partial charge in [0.05, 0.1) is 6.10 Å². The van der Waals surface area contributed by atoms with E-state index in [2.05, 4.69) is 22.7 Å². The highest BCUT2D eigenvalue weighted by molar-refractivity contribution is 5.96. The number of hydrogen-bond acceptors (Lipinski definition) is 5. The highest BCUT2D eigenvalue weighted by Gasteiger charge is 2.25. The number of benzene rings is 1. The monoisotopic (exact) mass is 386 g/mol. The molecule has 0 radical (unpaired) electrons. The van der Waals surface area contributed by atoms with Gasteiger partial charge in [-0.3, -0.25) is 4.79 Å². The van der Waals surface area contributed by atoms with Crippen molar-refractivity contribution in [3.05, 3.63) is 41.7 Å². The Kier molecular flexibility index (Phi) is 6.65. The van der Waals surface area contributed by atoms with Crippen LogP contribution in [0.1, 0.15) is 31.1 Å². The molecular weight excluding hydrogens is 360 g/mol. The molecule has 1 aromatic heterocycles. The van der Waals surface area contributed by atoms with Crippen LogP contribution in [0.2, 0.25) is 0 Å². The first-order valence-corrected chi connectivity index (χ1v) is 9.53. The summed E-state index contributed by atoms with van der Waals surface area (Å²) in [6, 6.07) is 8.95. The van der Waals surface area contributed by atoms with Crippen LogP contribution in [0.3, 0.4) is 0 Å². The molecule has 2 heterocycles. The molecule has 1 aliphatic heterocycles. The highest BCUT2D eigenvalue weighted by Crippen LogP contribution is 2.16.